The number of hydrogen-bond donors (Lipinski definition) is 2. The van der Waals surface area contributed by atoms with Crippen LogP contribution in [0.1, 0.15) is 11.9 Å². The van der Waals surface area contributed by atoms with E-state index in [2.05, 4.69) is 31.2 Å². The molecule has 0 fully saturated rings. The van der Waals surface area contributed by atoms with Crippen molar-refractivity contribution in [2.45, 2.75) is 6.10 Å². The van der Waals surface area contributed by atoms with Crippen LogP contribution in [-0.2, 0) is 0 Å². The summed E-state index contributed by atoms with van der Waals surface area (Å²) in [6.45, 7) is 0.460. The summed E-state index contributed by atoms with van der Waals surface area (Å²) in [7, 11) is 1.77. The molecule has 2 N–H and O–H groups in total. The SMILES string of the molecule is CNCC(O)c1ncc(Br)cn1. The monoisotopic (exact) mass is 231 g/mol. The molecule has 12 heavy (non-hydrogen) atoms. The minimum atomic E-state index is -0.636. The van der Waals surface area contributed by atoms with Crippen molar-refractivity contribution in [3.63, 3.8) is 0 Å². The van der Waals surface area contributed by atoms with E-state index in [0.29, 0.717) is 12.4 Å². The van der Waals surface area contributed by atoms with E-state index in [1.54, 1.807) is 19.4 Å². The number of aromatic nitrogens is 2. The average molecular weight is 232 g/mol. The number of aliphatic hydroxyl groups excluding tert-OH is 1. The highest BCUT2D eigenvalue weighted by atomic mass is 79.9. The Kier molecular flexibility index (Phi) is 3.58. The van der Waals surface area contributed by atoms with Gasteiger partial charge in [0.25, 0.3) is 0 Å². The highest BCUT2D eigenvalue weighted by Gasteiger charge is 2.07. The van der Waals surface area contributed by atoms with Crippen molar-refractivity contribution < 1.29 is 5.11 Å². The molecule has 5 heteroatoms. The molecule has 4 nitrogen and oxygen atoms in total. The Bertz CT molecular complexity index is 239. The van der Waals surface area contributed by atoms with E-state index in [9.17, 15) is 5.11 Å². The van der Waals surface area contributed by atoms with Gasteiger partial charge in [0.05, 0.1) is 4.47 Å². The highest BCUT2D eigenvalue weighted by molar-refractivity contribution is 9.10. The summed E-state index contributed by atoms with van der Waals surface area (Å²) in [4.78, 5) is 7.90. The van der Waals surface area contributed by atoms with Gasteiger partial charge in [-0.2, -0.15) is 0 Å². The van der Waals surface area contributed by atoms with Crippen LogP contribution < -0.4 is 5.32 Å². The van der Waals surface area contributed by atoms with Gasteiger partial charge < -0.3 is 10.4 Å². The zero-order chi connectivity index (χ0) is 8.97. The smallest absolute Gasteiger partial charge is 0.158 e. The predicted molar refractivity (Wildman–Crippen MR) is 48.6 cm³/mol. The molecular weight excluding hydrogens is 222 g/mol. The van der Waals surface area contributed by atoms with Crippen LogP contribution in [0.4, 0.5) is 0 Å². The molecule has 1 aromatic heterocycles. The van der Waals surface area contributed by atoms with Gasteiger partial charge >= 0.3 is 0 Å². The van der Waals surface area contributed by atoms with Crippen molar-refractivity contribution in [3.8, 4) is 0 Å². The van der Waals surface area contributed by atoms with Crippen LogP contribution in [-0.4, -0.2) is 28.7 Å². The molecule has 0 radical (unpaired) electrons. The molecule has 1 aromatic rings. The largest absolute Gasteiger partial charge is 0.384 e. The number of rotatable bonds is 3. The van der Waals surface area contributed by atoms with Crippen molar-refractivity contribution in [3.05, 3.63) is 22.7 Å². The number of likely N-dealkylation sites (N-methyl/N-ethyl adjacent to an activating group) is 1. The standard InChI is InChI=1S/C7H10BrN3O/c1-9-4-6(12)7-10-2-5(8)3-11-7/h2-3,6,9,12H,4H2,1H3. The molecule has 0 aliphatic carbocycles. The molecule has 1 heterocycles. The Balaban J connectivity index is 2.68. The summed E-state index contributed by atoms with van der Waals surface area (Å²) in [5.41, 5.74) is 0. The molecule has 66 valence electrons. The first-order chi connectivity index (χ1) is 5.74. The first kappa shape index (κ1) is 9.57. The topological polar surface area (TPSA) is 58.0 Å². The third-order valence-electron chi connectivity index (χ3n) is 1.34. The lowest BCUT2D eigenvalue weighted by molar-refractivity contribution is 0.168. The fourth-order valence-corrected chi connectivity index (χ4v) is 0.984. The average Bonchev–Trinajstić information content (AvgIpc) is 2.06. The Morgan fingerprint density at radius 2 is 2.17 bits per heavy atom. The second-order valence-corrected chi connectivity index (χ2v) is 3.25. The van der Waals surface area contributed by atoms with Gasteiger partial charge in [-0.05, 0) is 23.0 Å². The van der Waals surface area contributed by atoms with E-state index in [1.165, 1.54) is 0 Å². The number of aliphatic hydroxyl groups is 1. The van der Waals surface area contributed by atoms with E-state index in [1.807, 2.05) is 0 Å². The molecule has 0 amide bonds. The van der Waals surface area contributed by atoms with E-state index in [4.69, 9.17) is 0 Å². The molecule has 0 spiro atoms. The third kappa shape index (κ3) is 2.51. The second-order valence-electron chi connectivity index (χ2n) is 2.33. The normalized spacial score (nSPS) is 12.9. The van der Waals surface area contributed by atoms with Gasteiger partial charge in [-0.15, -0.1) is 0 Å². The summed E-state index contributed by atoms with van der Waals surface area (Å²) in [6, 6.07) is 0. The second kappa shape index (κ2) is 4.49. The van der Waals surface area contributed by atoms with Crippen molar-refractivity contribution in [2.75, 3.05) is 13.6 Å². The van der Waals surface area contributed by atoms with Crippen molar-refractivity contribution in [2.24, 2.45) is 0 Å². The summed E-state index contributed by atoms with van der Waals surface area (Å²) >= 11 is 3.21. The molecule has 1 rings (SSSR count). The lowest BCUT2D eigenvalue weighted by Crippen LogP contribution is -2.18. The van der Waals surface area contributed by atoms with Gasteiger partial charge in [-0.1, -0.05) is 0 Å². The lowest BCUT2D eigenvalue weighted by Gasteiger charge is -2.06. The van der Waals surface area contributed by atoms with Gasteiger partial charge in [0.1, 0.15) is 6.10 Å². The van der Waals surface area contributed by atoms with Gasteiger partial charge in [0.15, 0.2) is 5.82 Å². The van der Waals surface area contributed by atoms with Crippen LogP contribution in [0.3, 0.4) is 0 Å². The molecule has 1 unspecified atom stereocenters. The fraction of sp³-hybridized carbons (Fsp3) is 0.429. The fourth-order valence-electron chi connectivity index (χ4n) is 0.779. The third-order valence-corrected chi connectivity index (χ3v) is 1.75. The highest BCUT2D eigenvalue weighted by Crippen LogP contribution is 2.09. The van der Waals surface area contributed by atoms with Crippen LogP contribution in [0, 0.1) is 0 Å². The summed E-state index contributed by atoms with van der Waals surface area (Å²) < 4.78 is 0.808. The van der Waals surface area contributed by atoms with Crippen molar-refractivity contribution in [1.29, 1.82) is 0 Å². The Morgan fingerprint density at radius 1 is 1.58 bits per heavy atom. The minimum absolute atomic E-state index is 0.438. The van der Waals surface area contributed by atoms with Crippen LogP contribution in [0.15, 0.2) is 16.9 Å². The van der Waals surface area contributed by atoms with E-state index in [0.717, 1.165) is 4.47 Å². The Labute approximate surface area is 79.2 Å². The van der Waals surface area contributed by atoms with Gasteiger partial charge in [0, 0.05) is 18.9 Å². The number of nitrogens with one attached hydrogen (secondary N) is 1. The molecular formula is C7H10BrN3O. The first-order valence-electron chi connectivity index (χ1n) is 3.54. The Morgan fingerprint density at radius 3 is 2.67 bits per heavy atom. The molecule has 0 aliphatic heterocycles. The molecule has 0 aromatic carbocycles. The summed E-state index contributed by atoms with van der Waals surface area (Å²) in [6.07, 6.45) is 2.59. The number of halogens is 1. The molecule has 1 atom stereocenters. The number of nitrogens with zero attached hydrogens (tertiary/aromatic N) is 2. The predicted octanol–water partition coefficient (Wildman–Crippen LogP) is 0.492. The van der Waals surface area contributed by atoms with E-state index >= 15 is 0 Å². The molecule has 0 saturated carbocycles. The molecule has 0 saturated heterocycles. The van der Waals surface area contributed by atoms with Crippen LogP contribution >= 0.6 is 15.9 Å². The zero-order valence-corrected chi connectivity index (χ0v) is 8.24. The minimum Gasteiger partial charge on any atom is -0.384 e. The van der Waals surface area contributed by atoms with E-state index < -0.39 is 6.10 Å². The Hall–Kier alpha value is -0.520. The van der Waals surface area contributed by atoms with Gasteiger partial charge in [-0.3, -0.25) is 0 Å². The lowest BCUT2D eigenvalue weighted by atomic mass is 10.3. The number of hydrogen-bond acceptors (Lipinski definition) is 4. The van der Waals surface area contributed by atoms with E-state index in [-0.39, 0.29) is 0 Å². The maximum Gasteiger partial charge on any atom is 0.158 e. The van der Waals surface area contributed by atoms with Crippen LogP contribution in [0.5, 0.6) is 0 Å². The van der Waals surface area contributed by atoms with Crippen molar-refractivity contribution >= 4 is 15.9 Å². The van der Waals surface area contributed by atoms with Gasteiger partial charge in [0.2, 0.25) is 0 Å². The van der Waals surface area contributed by atoms with Gasteiger partial charge in [-0.25, -0.2) is 9.97 Å². The first-order valence-corrected chi connectivity index (χ1v) is 4.33. The maximum atomic E-state index is 9.41. The molecule has 0 aliphatic rings. The maximum absolute atomic E-state index is 9.41. The summed E-state index contributed by atoms with van der Waals surface area (Å²) in [5.74, 6) is 0.438. The van der Waals surface area contributed by atoms with Crippen LogP contribution in [0.25, 0.3) is 0 Å². The zero-order valence-electron chi connectivity index (χ0n) is 6.66. The summed E-state index contributed by atoms with van der Waals surface area (Å²) in [5, 5.41) is 12.2. The van der Waals surface area contributed by atoms with Crippen LogP contribution in [0.2, 0.25) is 0 Å². The molecule has 0 bridgehead atoms. The quantitative estimate of drug-likeness (QED) is 0.796. The van der Waals surface area contributed by atoms with Crippen molar-refractivity contribution in [1.82, 2.24) is 15.3 Å².